The molecular weight excluding hydrogens is 195 g/mol. The fraction of sp³-hybridized carbons (Fsp3) is 0.333. The fourth-order valence-electron chi connectivity index (χ4n) is 0.166. The number of carboxylic acid groups (broad SMARTS) is 1. The third-order valence-electron chi connectivity index (χ3n) is 0.604. The summed E-state index contributed by atoms with van der Waals surface area (Å²) in [5.41, 5.74) is 4.99. The molecular formula is C3H4F3N5O2. The number of rotatable bonds is 0. The van der Waals surface area contributed by atoms with E-state index in [1.807, 2.05) is 0 Å². The van der Waals surface area contributed by atoms with E-state index in [4.69, 9.17) is 15.6 Å². The van der Waals surface area contributed by atoms with E-state index >= 15 is 0 Å². The van der Waals surface area contributed by atoms with Gasteiger partial charge in [-0.05, 0) is 10.4 Å². The molecule has 0 amide bonds. The van der Waals surface area contributed by atoms with Crippen molar-refractivity contribution in [2.75, 3.05) is 5.73 Å². The van der Waals surface area contributed by atoms with Crippen molar-refractivity contribution in [1.29, 1.82) is 0 Å². The lowest BCUT2D eigenvalue weighted by Crippen LogP contribution is -2.21. The van der Waals surface area contributed by atoms with E-state index in [9.17, 15) is 13.2 Å². The average molecular weight is 199 g/mol. The van der Waals surface area contributed by atoms with Gasteiger partial charge >= 0.3 is 12.1 Å². The zero-order valence-corrected chi connectivity index (χ0v) is 5.91. The van der Waals surface area contributed by atoms with Gasteiger partial charge in [0, 0.05) is 0 Å². The standard InChI is InChI=1S/C2HF3O2.CH3N5/c3-2(4,5)1(6)7;2-1-3-5-6-4-1/h(H,6,7);(H3,2,3,4,5,6). The zero-order valence-electron chi connectivity index (χ0n) is 5.91. The number of aliphatic carboxylic acids is 1. The van der Waals surface area contributed by atoms with Crippen LogP contribution in [0.1, 0.15) is 0 Å². The summed E-state index contributed by atoms with van der Waals surface area (Å²) in [6, 6.07) is 0. The van der Waals surface area contributed by atoms with E-state index in [-0.39, 0.29) is 5.95 Å². The Bertz CT molecular complexity index is 256. The Morgan fingerprint density at radius 1 is 1.54 bits per heavy atom. The molecule has 13 heavy (non-hydrogen) atoms. The quantitative estimate of drug-likeness (QED) is 0.514. The molecule has 10 heteroatoms. The zero-order chi connectivity index (χ0) is 10.5. The second-order valence-corrected chi connectivity index (χ2v) is 1.59. The number of hydrogen-bond donors (Lipinski definition) is 3. The highest BCUT2D eigenvalue weighted by Gasteiger charge is 2.38. The lowest BCUT2D eigenvalue weighted by molar-refractivity contribution is -0.192. The SMILES string of the molecule is Nc1nnn[nH]1.O=C(O)C(F)(F)F. The first-order chi connectivity index (χ1) is 5.84. The van der Waals surface area contributed by atoms with E-state index in [1.165, 1.54) is 0 Å². The summed E-state index contributed by atoms with van der Waals surface area (Å²) in [4.78, 5) is 8.90. The number of nitrogens with two attached hydrogens (primary N) is 1. The molecule has 0 radical (unpaired) electrons. The molecule has 7 nitrogen and oxygen atoms in total. The van der Waals surface area contributed by atoms with Crippen molar-refractivity contribution in [3.63, 3.8) is 0 Å². The highest BCUT2D eigenvalue weighted by atomic mass is 19.4. The maximum atomic E-state index is 10.6. The van der Waals surface area contributed by atoms with Gasteiger partial charge in [0.25, 0.3) is 0 Å². The Labute approximate surface area is 68.7 Å². The van der Waals surface area contributed by atoms with Crippen LogP contribution in [0.5, 0.6) is 0 Å². The molecule has 1 aromatic rings. The van der Waals surface area contributed by atoms with Crippen molar-refractivity contribution in [1.82, 2.24) is 20.6 Å². The van der Waals surface area contributed by atoms with E-state index in [2.05, 4.69) is 20.6 Å². The van der Waals surface area contributed by atoms with Crippen LogP contribution >= 0.6 is 0 Å². The Morgan fingerprint density at radius 3 is 2.08 bits per heavy atom. The lowest BCUT2D eigenvalue weighted by Gasteiger charge is -1.93. The second-order valence-electron chi connectivity index (χ2n) is 1.59. The molecule has 0 aliphatic rings. The smallest absolute Gasteiger partial charge is 0.475 e. The first-order valence-corrected chi connectivity index (χ1v) is 2.63. The molecule has 0 bridgehead atoms. The Balaban J connectivity index is 0.000000223. The summed E-state index contributed by atoms with van der Waals surface area (Å²) in [6.07, 6.45) is -5.08. The van der Waals surface area contributed by atoms with Crippen molar-refractivity contribution in [3.8, 4) is 0 Å². The van der Waals surface area contributed by atoms with Crippen LogP contribution in [0.2, 0.25) is 0 Å². The molecule has 1 heterocycles. The lowest BCUT2D eigenvalue weighted by atomic mass is 10.7. The van der Waals surface area contributed by atoms with Crippen LogP contribution in [0.4, 0.5) is 19.1 Å². The topological polar surface area (TPSA) is 118 Å². The average Bonchev–Trinajstić information content (AvgIpc) is 2.38. The third-order valence-corrected chi connectivity index (χ3v) is 0.604. The van der Waals surface area contributed by atoms with Crippen LogP contribution in [0.15, 0.2) is 0 Å². The minimum Gasteiger partial charge on any atom is -0.475 e. The van der Waals surface area contributed by atoms with Gasteiger partial charge < -0.3 is 10.8 Å². The molecule has 0 aliphatic heterocycles. The van der Waals surface area contributed by atoms with Crippen LogP contribution in [0.25, 0.3) is 0 Å². The van der Waals surface area contributed by atoms with Crippen LogP contribution in [0, 0.1) is 0 Å². The number of tetrazole rings is 1. The highest BCUT2D eigenvalue weighted by Crippen LogP contribution is 2.13. The molecule has 0 atom stereocenters. The minimum absolute atomic E-state index is 0.245. The van der Waals surface area contributed by atoms with Crippen LogP contribution in [0.3, 0.4) is 0 Å². The fourth-order valence-corrected chi connectivity index (χ4v) is 0.166. The van der Waals surface area contributed by atoms with Crippen molar-refractivity contribution in [2.45, 2.75) is 6.18 Å². The summed E-state index contributed by atoms with van der Waals surface area (Å²) in [7, 11) is 0. The summed E-state index contributed by atoms with van der Waals surface area (Å²) in [6.45, 7) is 0. The molecule has 0 aliphatic carbocycles. The minimum atomic E-state index is -5.08. The molecule has 0 spiro atoms. The molecule has 0 fully saturated rings. The van der Waals surface area contributed by atoms with Gasteiger partial charge in [-0.15, -0.1) is 0 Å². The number of aromatic amines is 1. The molecule has 0 unspecified atom stereocenters. The highest BCUT2D eigenvalue weighted by molar-refractivity contribution is 5.73. The van der Waals surface area contributed by atoms with Gasteiger partial charge in [-0.2, -0.15) is 13.2 Å². The van der Waals surface area contributed by atoms with Gasteiger partial charge in [0.2, 0.25) is 5.95 Å². The van der Waals surface area contributed by atoms with Gasteiger partial charge in [0.15, 0.2) is 0 Å². The van der Waals surface area contributed by atoms with Gasteiger partial charge in [-0.1, -0.05) is 5.10 Å². The van der Waals surface area contributed by atoms with Crippen LogP contribution < -0.4 is 5.73 Å². The largest absolute Gasteiger partial charge is 0.490 e. The predicted molar refractivity (Wildman–Crippen MR) is 32.3 cm³/mol. The van der Waals surface area contributed by atoms with Crippen molar-refractivity contribution < 1.29 is 23.1 Å². The van der Waals surface area contributed by atoms with Gasteiger partial charge in [-0.25, -0.2) is 9.89 Å². The molecule has 0 saturated heterocycles. The van der Waals surface area contributed by atoms with Gasteiger partial charge in [0.1, 0.15) is 0 Å². The monoisotopic (exact) mass is 199 g/mol. The number of aromatic nitrogens is 4. The molecule has 74 valence electrons. The van der Waals surface area contributed by atoms with Crippen molar-refractivity contribution in [3.05, 3.63) is 0 Å². The Hall–Kier alpha value is -1.87. The number of nitrogen functional groups attached to an aromatic ring is 1. The molecule has 0 saturated carbocycles. The number of hydrogen-bond acceptors (Lipinski definition) is 5. The number of carboxylic acids is 1. The number of anilines is 1. The molecule has 0 aromatic carbocycles. The van der Waals surface area contributed by atoms with Crippen molar-refractivity contribution in [2.24, 2.45) is 0 Å². The number of nitrogens with one attached hydrogen (secondary N) is 1. The number of alkyl halides is 3. The van der Waals surface area contributed by atoms with E-state index in [1.54, 1.807) is 0 Å². The maximum Gasteiger partial charge on any atom is 0.490 e. The Kier molecular flexibility index (Phi) is 3.62. The van der Waals surface area contributed by atoms with Crippen LogP contribution in [-0.4, -0.2) is 37.9 Å². The normalized spacial score (nSPS) is 10.1. The maximum absolute atomic E-state index is 10.6. The second kappa shape index (κ2) is 4.23. The summed E-state index contributed by atoms with van der Waals surface area (Å²) in [5, 5.41) is 19.1. The number of carbonyl (C=O) groups is 1. The number of halogens is 3. The Morgan fingerprint density at radius 2 is 2.00 bits per heavy atom. The van der Waals surface area contributed by atoms with E-state index < -0.39 is 12.1 Å². The summed E-state index contributed by atoms with van der Waals surface area (Å²) >= 11 is 0. The van der Waals surface area contributed by atoms with Crippen LogP contribution in [-0.2, 0) is 4.79 Å². The molecule has 1 aromatic heterocycles. The third kappa shape index (κ3) is 5.41. The summed E-state index contributed by atoms with van der Waals surface area (Å²) in [5.74, 6) is -2.51. The predicted octanol–water partition coefficient (Wildman–Crippen LogP) is -0.585. The number of nitrogens with zero attached hydrogens (tertiary/aromatic N) is 3. The summed E-state index contributed by atoms with van der Waals surface area (Å²) < 4.78 is 31.7. The first-order valence-electron chi connectivity index (χ1n) is 2.63. The molecule has 4 N–H and O–H groups in total. The van der Waals surface area contributed by atoms with E-state index in [0.717, 1.165) is 0 Å². The first kappa shape index (κ1) is 11.1. The van der Waals surface area contributed by atoms with E-state index in [0.29, 0.717) is 0 Å². The molecule has 1 rings (SSSR count). The van der Waals surface area contributed by atoms with Gasteiger partial charge in [0.05, 0.1) is 0 Å². The van der Waals surface area contributed by atoms with Gasteiger partial charge in [-0.3, -0.25) is 0 Å². The van der Waals surface area contributed by atoms with Crippen molar-refractivity contribution >= 4 is 11.9 Å². The number of H-pyrrole nitrogens is 1.